The predicted octanol–water partition coefficient (Wildman–Crippen LogP) is 1.80. The third-order valence-corrected chi connectivity index (χ3v) is 2.92. The maximum atomic E-state index is 12.0. The summed E-state index contributed by atoms with van der Waals surface area (Å²) < 4.78 is 5.88. The molecule has 0 aliphatic rings. The molecule has 5 nitrogen and oxygen atoms in total. The fourth-order valence-electron chi connectivity index (χ4n) is 1.96. The summed E-state index contributed by atoms with van der Waals surface area (Å²) in [7, 11) is 0. The Hall–Kier alpha value is -2.69. The van der Waals surface area contributed by atoms with Gasteiger partial charge in [0.1, 0.15) is 0 Å². The second kappa shape index (κ2) is 4.20. The second-order valence-corrected chi connectivity index (χ2v) is 4.22. The molecule has 0 radical (unpaired) electrons. The largest absolute Gasteiger partial charge is 0.619 e. The number of aryl methyl sites for hydroxylation is 1. The average Bonchev–Trinajstić information content (AvgIpc) is 2.39. The van der Waals surface area contributed by atoms with Crippen LogP contribution in [0.4, 0.5) is 0 Å². The van der Waals surface area contributed by atoms with Crippen molar-refractivity contribution in [3.8, 4) is 11.5 Å². The van der Waals surface area contributed by atoms with E-state index in [1.165, 1.54) is 12.4 Å². The van der Waals surface area contributed by atoms with Gasteiger partial charge in [0.25, 0.3) is 0 Å². The summed E-state index contributed by atoms with van der Waals surface area (Å²) in [6, 6.07) is 8.55. The van der Waals surface area contributed by atoms with Crippen LogP contribution in [-0.4, -0.2) is 4.98 Å². The molecule has 0 unspecified atom stereocenters. The topological polar surface area (TPSA) is 70.0 Å². The molecule has 0 spiro atoms. The number of rotatable bonds is 1. The van der Waals surface area contributed by atoms with Crippen molar-refractivity contribution in [1.82, 2.24) is 4.98 Å². The molecule has 1 aromatic carbocycles. The molecule has 0 N–H and O–H groups in total. The van der Waals surface area contributed by atoms with Gasteiger partial charge in [0.2, 0.25) is 5.89 Å². The van der Waals surface area contributed by atoms with Crippen molar-refractivity contribution in [2.24, 2.45) is 0 Å². The molecule has 0 saturated heterocycles. The molecule has 3 rings (SSSR count). The summed E-state index contributed by atoms with van der Waals surface area (Å²) in [4.78, 5) is 16.3. The summed E-state index contributed by atoms with van der Waals surface area (Å²) in [5.74, 6) is 0.212. The van der Waals surface area contributed by atoms with Crippen LogP contribution in [0.1, 0.15) is 5.56 Å². The Balaban J connectivity index is 2.27. The normalized spacial score (nSPS) is 10.8. The lowest BCUT2D eigenvalue weighted by molar-refractivity contribution is -0.605. The highest BCUT2D eigenvalue weighted by Gasteiger charge is 2.10. The van der Waals surface area contributed by atoms with E-state index in [9.17, 15) is 10.0 Å². The molecule has 0 saturated carbocycles. The minimum absolute atomic E-state index is 0.212. The summed E-state index contributed by atoms with van der Waals surface area (Å²) >= 11 is 0. The van der Waals surface area contributed by atoms with E-state index in [0.29, 0.717) is 21.2 Å². The Morgan fingerprint density at radius 2 is 1.95 bits per heavy atom. The Labute approximate surface area is 108 Å². The monoisotopic (exact) mass is 254 g/mol. The van der Waals surface area contributed by atoms with Gasteiger partial charge in [0.05, 0.1) is 10.9 Å². The zero-order chi connectivity index (χ0) is 13.4. The first-order valence-corrected chi connectivity index (χ1v) is 5.75. The molecular weight excluding hydrogens is 244 g/mol. The van der Waals surface area contributed by atoms with Crippen LogP contribution in [0.5, 0.6) is 0 Å². The first-order chi connectivity index (χ1) is 9.15. The molecule has 0 amide bonds. The number of hydrogen-bond donors (Lipinski definition) is 0. The third kappa shape index (κ3) is 1.95. The van der Waals surface area contributed by atoms with Crippen LogP contribution in [0.2, 0.25) is 0 Å². The molecule has 0 fully saturated rings. The molecule has 5 heteroatoms. The summed E-state index contributed by atoms with van der Waals surface area (Å²) in [5, 5.41) is 11.5. The smallest absolute Gasteiger partial charge is 0.347 e. The van der Waals surface area contributed by atoms with Crippen LogP contribution in [0.15, 0.2) is 51.9 Å². The van der Waals surface area contributed by atoms with E-state index >= 15 is 0 Å². The van der Waals surface area contributed by atoms with E-state index in [1.807, 2.05) is 19.1 Å². The first-order valence-electron chi connectivity index (χ1n) is 5.75. The molecule has 2 heterocycles. The minimum Gasteiger partial charge on any atom is -0.619 e. The fraction of sp³-hybridized carbons (Fsp3) is 0.0714. The summed E-state index contributed by atoms with van der Waals surface area (Å²) in [5.41, 5.74) is 1.59. The van der Waals surface area contributed by atoms with Crippen molar-refractivity contribution >= 4 is 10.9 Å². The number of pyridine rings is 1. The zero-order valence-electron chi connectivity index (χ0n) is 10.2. The van der Waals surface area contributed by atoms with E-state index < -0.39 is 5.63 Å². The highest BCUT2D eigenvalue weighted by atomic mass is 16.5. The highest BCUT2D eigenvalue weighted by molar-refractivity contribution is 5.81. The van der Waals surface area contributed by atoms with Gasteiger partial charge in [-0.25, -0.2) is 9.78 Å². The lowest BCUT2D eigenvalue weighted by Gasteiger charge is -2.03. The number of benzene rings is 1. The van der Waals surface area contributed by atoms with Gasteiger partial charge in [0.15, 0.2) is 12.4 Å². The number of aromatic nitrogens is 2. The van der Waals surface area contributed by atoms with E-state index in [1.54, 1.807) is 18.2 Å². The minimum atomic E-state index is -0.419. The van der Waals surface area contributed by atoms with Gasteiger partial charge in [-0.1, -0.05) is 12.1 Å². The van der Waals surface area contributed by atoms with E-state index in [-0.39, 0.29) is 5.89 Å². The molecule has 0 aliphatic carbocycles. The van der Waals surface area contributed by atoms with Crippen LogP contribution in [0.25, 0.3) is 22.4 Å². The van der Waals surface area contributed by atoms with Crippen LogP contribution < -0.4 is 10.4 Å². The van der Waals surface area contributed by atoms with Gasteiger partial charge in [-0.15, -0.1) is 0 Å². The molecular formula is C14H10N2O3. The van der Waals surface area contributed by atoms with Gasteiger partial charge in [-0.05, 0) is 18.6 Å². The molecule has 94 valence electrons. The van der Waals surface area contributed by atoms with Gasteiger partial charge < -0.3 is 9.62 Å². The van der Waals surface area contributed by atoms with E-state index in [0.717, 1.165) is 5.56 Å². The maximum absolute atomic E-state index is 12.0. The Morgan fingerprint density at radius 1 is 1.21 bits per heavy atom. The quantitative estimate of drug-likeness (QED) is 0.490. The first kappa shape index (κ1) is 11.4. The van der Waals surface area contributed by atoms with Crippen molar-refractivity contribution in [2.45, 2.75) is 6.92 Å². The summed E-state index contributed by atoms with van der Waals surface area (Å²) in [6.07, 6.45) is 2.66. The van der Waals surface area contributed by atoms with Crippen LogP contribution in [0, 0.1) is 12.1 Å². The van der Waals surface area contributed by atoms with Crippen molar-refractivity contribution in [2.75, 3.05) is 0 Å². The second-order valence-electron chi connectivity index (χ2n) is 4.22. The highest BCUT2D eigenvalue weighted by Crippen LogP contribution is 2.18. The summed E-state index contributed by atoms with van der Waals surface area (Å²) in [6.45, 7) is 1.84. The predicted molar refractivity (Wildman–Crippen MR) is 69.4 cm³/mol. The van der Waals surface area contributed by atoms with E-state index in [4.69, 9.17) is 4.42 Å². The molecule has 19 heavy (non-hydrogen) atoms. The fourth-order valence-corrected chi connectivity index (χ4v) is 1.96. The molecule has 0 bridgehead atoms. The zero-order valence-corrected chi connectivity index (χ0v) is 10.2. The molecule has 0 aliphatic heterocycles. The van der Waals surface area contributed by atoms with Crippen LogP contribution >= 0.6 is 0 Å². The van der Waals surface area contributed by atoms with Crippen molar-refractivity contribution in [3.63, 3.8) is 0 Å². The number of hydrogen-bond acceptors (Lipinski definition) is 4. The number of nitrogens with zero attached hydrogens (tertiary/aromatic N) is 2. The number of fused-ring (bicyclic) bond motifs is 1. The maximum Gasteiger partial charge on any atom is 0.347 e. The van der Waals surface area contributed by atoms with Crippen molar-refractivity contribution in [3.05, 3.63) is 63.9 Å². The molecule has 3 aromatic rings. The molecule has 0 atom stereocenters. The molecule has 2 aromatic heterocycles. The van der Waals surface area contributed by atoms with Gasteiger partial charge in [0, 0.05) is 17.7 Å². The van der Waals surface area contributed by atoms with E-state index in [2.05, 4.69) is 4.98 Å². The lowest BCUT2D eigenvalue weighted by Crippen LogP contribution is -2.23. The van der Waals surface area contributed by atoms with Crippen molar-refractivity contribution < 1.29 is 9.15 Å². The van der Waals surface area contributed by atoms with Crippen molar-refractivity contribution in [1.29, 1.82) is 0 Å². The van der Waals surface area contributed by atoms with Crippen LogP contribution in [-0.2, 0) is 0 Å². The standard InChI is InChI=1S/C14H10N2O3/c1-9-3-2-4-11-12(9)14(17)19-13(15-11)10-5-7-16(18)8-6-10/h2-8H,1H3. The Bertz CT molecular complexity index is 807. The average molecular weight is 254 g/mol. The third-order valence-electron chi connectivity index (χ3n) is 2.92. The Kier molecular flexibility index (Phi) is 2.52. The van der Waals surface area contributed by atoms with Crippen LogP contribution in [0.3, 0.4) is 0 Å². The van der Waals surface area contributed by atoms with Gasteiger partial charge in [-0.3, -0.25) is 0 Å². The van der Waals surface area contributed by atoms with Gasteiger partial charge >= 0.3 is 5.63 Å². The SMILES string of the molecule is Cc1cccc2nc(-c3cc[n+]([O-])cc3)oc(=O)c12. The Morgan fingerprint density at radius 3 is 2.68 bits per heavy atom. The van der Waals surface area contributed by atoms with Gasteiger partial charge in [-0.2, -0.15) is 4.73 Å². The lowest BCUT2D eigenvalue weighted by atomic mass is 10.1.